The first-order valence-electron chi connectivity index (χ1n) is 6.43. The van der Waals surface area contributed by atoms with Crippen molar-refractivity contribution in [1.82, 2.24) is 14.8 Å². The molecule has 0 bridgehead atoms. The Kier molecular flexibility index (Phi) is 3.93. The van der Waals surface area contributed by atoms with E-state index in [1.807, 2.05) is 4.68 Å². The topological polar surface area (TPSA) is 56.7 Å². The predicted octanol–water partition coefficient (Wildman–Crippen LogP) is 1.75. The minimum atomic E-state index is 0.362. The third kappa shape index (κ3) is 2.61. The molecule has 2 atom stereocenters. The van der Waals surface area contributed by atoms with Gasteiger partial charge in [0.15, 0.2) is 0 Å². The smallest absolute Gasteiger partial charge is 0.138 e. The Morgan fingerprint density at radius 2 is 2.25 bits per heavy atom. The van der Waals surface area contributed by atoms with Crippen LogP contribution in [0.2, 0.25) is 0 Å². The maximum Gasteiger partial charge on any atom is 0.138 e. The minimum Gasteiger partial charge on any atom is -0.327 e. The maximum atomic E-state index is 6.16. The fraction of sp³-hybridized carbons (Fsp3) is 0.833. The van der Waals surface area contributed by atoms with Crippen LogP contribution in [-0.4, -0.2) is 20.8 Å². The zero-order valence-electron chi connectivity index (χ0n) is 10.1. The SMILES string of the molecule is CCCn1ncnc1CC1CCCCC1N. The van der Waals surface area contributed by atoms with E-state index in [4.69, 9.17) is 5.73 Å². The lowest BCUT2D eigenvalue weighted by Gasteiger charge is -2.28. The Balaban J connectivity index is 1.99. The Hall–Kier alpha value is -0.900. The van der Waals surface area contributed by atoms with Crippen molar-refractivity contribution in [3.05, 3.63) is 12.2 Å². The largest absolute Gasteiger partial charge is 0.327 e. The van der Waals surface area contributed by atoms with Gasteiger partial charge in [0, 0.05) is 19.0 Å². The van der Waals surface area contributed by atoms with E-state index in [9.17, 15) is 0 Å². The number of aromatic nitrogens is 3. The zero-order valence-corrected chi connectivity index (χ0v) is 10.1. The van der Waals surface area contributed by atoms with Crippen LogP contribution in [0.4, 0.5) is 0 Å². The summed E-state index contributed by atoms with van der Waals surface area (Å²) in [5.74, 6) is 1.72. The lowest BCUT2D eigenvalue weighted by molar-refractivity contribution is 0.298. The molecule has 4 heteroatoms. The summed E-state index contributed by atoms with van der Waals surface area (Å²) in [6.07, 6.45) is 8.81. The Morgan fingerprint density at radius 3 is 3.00 bits per heavy atom. The molecule has 4 nitrogen and oxygen atoms in total. The van der Waals surface area contributed by atoms with Gasteiger partial charge in [0.2, 0.25) is 0 Å². The standard InChI is InChI=1S/C12H22N4/c1-2-7-16-12(14-9-15-16)8-10-5-3-4-6-11(10)13/h9-11H,2-8,13H2,1H3. The van der Waals surface area contributed by atoms with Gasteiger partial charge in [-0.3, -0.25) is 4.68 Å². The van der Waals surface area contributed by atoms with Gasteiger partial charge in [-0.25, -0.2) is 4.98 Å². The molecule has 0 saturated heterocycles. The molecule has 2 unspecified atom stereocenters. The summed E-state index contributed by atoms with van der Waals surface area (Å²) in [6.45, 7) is 3.13. The van der Waals surface area contributed by atoms with Crippen molar-refractivity contribution in [3.8, 4) is 0 Å². The molecule has 0 aromatic carbocycles. The minimum absolute atomic E-state index is 0.362. The van der Waals surface area contributed by atoms with Crippen molar-refractivity contribution in [2.75, 3.05) is 0 Å². The molecule has 1 aliphatic carbocycles. The van der Waals surface area contributed by atoms with Gasteiger partial charge in [-0.1, -0.05) is 19.8 Å². The highest BCUT2D eigenvalue weighted by Crippen LogP contribution is 2.25. The van der Waals surface area contributed by atoms with E-state index in [1.54, 1.807) is 6.33 Å². The fourth-order valence-corrected chi connectivity index (χ4v) is 2.57. The average molecular weight is 222 g/mol. The van der Waals surface area contributed by atoms with Crippen LogP contribution in [0.5, 0.6) is 0 Å². The van der Waals surface area contributed by atoms with E-state index in [1.165, 1.54) is 25.7 Å². The van der Waals surface area contributed by atoms with Crippen LogP contribution in [0, 0.1) is 5.92 Å². The van der Waals surface area contributed by atoms with Gasteiger partial charge >= 0.3 is 0 Å². The Morgan fingerprint density at radius 1 is 1.44 bits per heavy atom. The molecule has 1 fully saturated rings. The van der Waals surface area contributed by atoms with Crippen molar-refractivity contribution < 1.29 is 0 Å². The second-order valence-electron chi connectivity index (χ2n) is 4.81. The first-order chi connectivity index (χ1) is 7.81. The molecule has 1 saturated carbocycles. The molecule has 0 aliphatic heterocycles. The Bertz CT molecular complexity index is 321. The van der Waals surface area contributed by atoms with Crippen LogP contribution in [0.15, 0.2) is 6.33 Å². The molecule has 0 spiro atoms. The number of rotatable bonds is 4. The van der Waals surface area contributed by atoms with Gasteiger partial charge < -0.3 is 5.73 Å². The van der Waals surface area contributed by atoms with E-state index < -0.39 is 0 Å². The lowest BCUT2D eigenvalue weighted by Crippen LogP contribution is -2.34. The molecule has 16 heavy (non-hydrogen) atoms. The summed E-state index contributed by atoms with van der Waals surface area (Å²) in [7, 11) is 0. The highest BCUT2D eigenvalue weighted by molar-refractivity contribution is 4.91. The summed E-state index contributed by atoms with van der Waals surface area (Å²) in [5, 5.41) is 4.26. The molecule has 1 aromatic rings. The number of aryl methyl sites for hydroxylation is 1. The summed E-state index contributed by atoms with van der Waals surface area (Å²) >= 11 is 0. The number of hydrogen-bond acceptors (Lipinski definition) is 3. The normalized spacial score (nSPS) is 25.9. The molecule has 90 valence electrons. The molecule has 0 radical (unpaired) electrons. The maximum absolute atomic E-state index is 6.16. The number of nitrogens with two attached hydrogens (primary N) is 1. The molecule has 1 aromatic heterocycles. The second kappa shape index (κ2) is 5.43. The molecular formula is C12H22N4. The average Bonchev–Trinajstić information content (AvgIpc) is 2.70. The quantitative estimate of drug-likeness (QED) is 0.844. The van der Waals surface area contributed by atoms with Crippen LogP contribution >= 0.6 is 0 Å². The van der Waals surface area contributed by atoms with Gasteiger partial charge in [0.05, 0.1) is 0 Å². The molecule has 1 heterocycles. The first-order valence-corrected chi connectivity index (χ1v) is 6.43. The zero-order chi connectivity index (χ0) is 11.4. The summed E-state index contributed by atoms with van der Waals surface area (Å²) in [6, 6.07) is 0.362. The first kappa shape index (κ1) is 11.6. The highest BCUT2D eigenvalue weighted by Gasteiger charge is 2.23. The van der Waals surface area contributed by atoms with Crippen LogP contribution in [0.1, 0.15) is 44.9 Å². The van der Waals surface area contributed by atoms with E-state index in [0.29, 0.717) is 12.0 Å². The van der Waals surface area contributed by atoms with Gasteiger partial charge in [-0.15, -0.1) is 0 Å². The van der Waals surface area contributed by atoms with E-state index >= 15 is 0 Å². The van der Waals surface area contributed by atoms with Crippen LogP contribution in [0.25, 0.3) is 0 Å². The lowest BCUT2D eigenvalue weighted by atomic mass is 9.83. The van der Waals surface area contributed by atoms with E-state index in [2.05, 4.69) is 17.0 Å². The van der Waals surface area contributed by atoms with Crippen LogP contribution in [-0.2, 0) is 13.0 Å². The number of hydrogen-bond donors (Lipinski definition) is 1. The fourth-order valence-electron chi connectivity index (χ4n) is 2.57. The van der Waals surface area contributed by atoms with Crippen molar-refractivity contribution >= 4 is 0 Å². The van der Waals surface area contributed by atoms with Crippen LogP contribution < -0.4 is 5.73 Å². The third-order valence-electron chi connectivity index (χ3n) is 3.54. The van der Waals surface area contributed by atoms with E-state index in [0.717, 1.165) is 25.2 Å². The van der Waals surface area contributed by atoms with Gasteiger partial charge in [-0.2, -0.15) is 5.10 Å². The molecule has 1 aliphatic rings. The third-order valence-corrected chi connectivity index (χ3v) is 3.54. The summed E-state index contributed by atoms with van der Waals surface area (Å²) in [5.41, 5.74) is 6.16. The summed E-state index contributed by atoms with van der Waals surface area (Å²) in [4.78, 5) is 4.36. The van der Waals surface area contributed by atoms with Gasteiger partial charge in [-0.05, 0) is 25.2 Å². The van der Waals surface area contributed by atoms with E-state index in [-0.39, 0.29) is 0 Å². The Labute approximate surface area is 97.2 Å². The molecule has 2 N–H and O–H groups in total. The summed E-state index contributed by atoms with van der Waals surface area (Å²) < 4.78 is 2.03. The van der Waals surface area contributed by atoms with Crippen molar-refractivity contribution in [1.29, 1.82) is 0 Å². The predicted molar refractivity (Wildman–Crippen MR) is 64.0 cm³/mol. The molecule has 2 rings (SSSR count). The van der Waals surface area contributed by atoms with Crippen molar-refractivity contribution in [2.45, 2.75) is 58.0 Å². The van der Waals surface area contributed by atoms with Crippen LogP contribution in [0.3, 0.4) is 0 Å². The van der Waals surface area contributed by atoms with Gasteiger partial charge in [0.25, 0.3) is 0 Å². The number of nitrogens with zero attached hydrogens (tertiary/aromatic N) is 3. The molecule has 0 amide bonds. The van der Waals surface area contributed by atoms with Crippen molar-refractivity contribution in [3.63, 3.8) is 0 Å². The highest BCUT2D eigenvalue weighted by atomic mass is 15.3. The van der Waals surface area contributed by atoms with Gasteiger partial charge in [0.1, 0.15) is 12.2 Å². The second-order valence-corrected chi connectivity index (χ2v) is 4.81. The van der Waals surface area contributed by atoms with Crippen molar-refractivity contribution in [2.24, 2.45) is 11.7 Å². The molecular weight excluding hydrogens is 200 g/mol. The monoisotopic (exact) mass is 222 g/mol.